The summed E-state index contributed by atoms with van der Waals surface area (Å²) in [4.78, 5) is 11.4. The van der Waals surface area contributed by atoms with E-state index in [1.54, 1.807) is 24.8 Å². The standard InChI is InChI=1S/C22H16ClN5/c1-14-18-6-9-27-22(18)19(23)10-20(14)28-21-16(12-26-13-17(21)11-24)3-2-15-4-7-25-8-5-15/h2-10,12-13,27H,1H3,(H,26,28)/b3-2+. The van der Waals surface area contributed by atoms with Crippen LogP contribution >= 0.6 is 11.6 Å². The van der Waals surface area contributed by atoms with Crippen LogP contribution in [-0.2, 0) is 0 Å². The van der Waals surface area contributed by atoms with Gasteiger partial charge in [0.25, 0.3) is 0 Å². The highest BCUT2D eigenvalue weighted by molar-refractivity contribution is 6.35. The van der Waals surface area contributed by atoms with Crippen LogP contribution in [0.1, 0.15) is 22.3 Å². The maximum Gasteiger partial charge on any atom is 0.103 e. The molecule has 0 unspecified atom stereocenters. The Morgan fingerprint density at radius 1 is 1.14 bits per heavy atom. The third-order valence-corrected chi connectivity index (χ3v) is 4.88. The molecule has 3 heterocycles. The summed E-state index contributed by atoms with van der Waals surface area (Å²) in [5, 5.41) is 14.6. The van der Waals surface area contributed by atoms with Gasteiger partial charge in [-0.25, -0.2) is 0 Å². The van der Waals surface area contributed by atoms with Crippen molar-refractivity contribution in [2.75, 3.05) is 5.32 Å². The third kappa shape index (κ3) is 3.34. The maximum atomic E-state index is 9.58. The number of rotatable bonds is 4. The van der Waals surface area contributed by atoms with Gasteiger partial charge in [-0.2, -0.15) is 5.26 Å². The fraction of sp³-hybridized carbons (Fsp3) is 0.0455. The fourth-order valence-corrected chi connectivity index (χ4v) is 3.35. The highest BCUT2D eigenvalue weighted by Crippen LogP contribution is 2.34. The summed E-state index contributed by atoms with van der Waals surface area (Å²) in [6.45, 7) is 2.02. The summed E-state index contributed by atoms with van der Waals surface area (Å²) >= 11 is 6.43. The minimum atomic E-state index is 0.460. The van der Waals surface area contributed by atoms with E-state index in [9.17, 15) is 5.26 Å². The maximum absolute atomic E-state index is 9.58. The second kappa shape index (κ2) is 7.55. The summed E-state index contributed by atoms with van der Waals surface area (Å²) in [6, 6.07) is 9.89. The van der Waals surface area contributed by atoms with Crippen LogP contribution in [0.2, 0.25) is 5.02 Å². The van der Waals surface area contributed by atoms with Crippen LogP contribution in [0.4, 0.5) is 11.4 Å². The Bertz CT molecular complexity index is 1220. The summed E-state index contributed by atoms with van der Waals surface area (Å²) in [5.41, 5.74) is 5.76. The van der Waals surface area contributed by atoms with Crippen molar-refractivity contribution in [3.8, 4) is 6.07 Å². The van der Waals surface area contributed by atoms with Gasteiger partial charge in [-0.15, -0.1) is 0 Å². The molecule has 4 rings (SSSR count). The number of nitriles is 1. The van der Waals surface area contributed by atoms with E-state index in [2.05, 4.69) is 26.3 Å². The Hall–Kier alpha value is -3.62. The number of H-pyrrole nitrogens is 1. The van der Waals surface area contributed by atoms with Crippen LogP contribution in [-0.4, -0.2) is 15.0 Å². The molecule has 0 bridgehead atoms. The lowest BCUT2D eigenvalue weighted by Gasteiger charge is -2.15. The van der Waals surface area contributed by atoms with Gasteiger partial charge < -0.3 is 10.3 Å². The van der Waals surface area contributed by atoms with E-state index in [0.717, 1.165) is 33.3 Å². The Labute approximate surface area is 167 Å². The third-order valence-electron chi connectivity index (χ3n) is 4.58. The Kier molecular flexibility index (Phi) is 4.79. The number of benzene rings is 1. The highest BCUT2D eigenvalue weighted by atomic mass is 35.5. The molecule has 1 aromatic carbocycles. The molecule has 0 aliphatic heterocycles. The molecule has 0 saturated carbocycles. The second-order valence-electron chi connectivity index (χ2n) is 6.30. The molecule has 0 aliphatic rings. The number of aryl methyl sites for hydroxylation is 1. The lowest BCUT2D eigenvalue weighted by atomic mass is 10.1. The molecule has 4 aromatic rings. The molecule has 3 aromatic heterocycles. The first-order valence-corrected chi connectivity index (χ1v) is 9.04. The van der Waals surface area contributed by atoms with E-state index in [1.165, 1.54) is 0 Å². The first-order chi connectivity index (χ1) is 13.7. The van der Waals surface area contributed by atoms with Gasteiger partial charge in [-0.1, -0.05) is 23.8 Å². The highest BCUT2D eigenvalue weighted by Gasteiger charge is 2.13. The van der Waals surface area contributed by atoms with Crippen molar-refractivity contribution in [3.05, 3.63) is 82.5 Å². The first-order valence-electron chi connectivity index (χ1n) is 8.67. The van der Waals surface area contributed by atoms with Gasteiger partial charge in [0.05, 0.1) is 21.8 Å². The number of nitrogens with one attached hydrogen (secondary N) is 2. The summed E-state index contributed by atoms with van der Waals surface area (Å²) in [7, 11) is 0. The predicted octanol–water partition coefficient (Wildman–Crippen LogP) is 5.71. The van der Waals surface area contributed by atoms with E-state index >= 15 is 0 Å². The van der Waals surface area contributed by atoms with Crippen LogP contribution in [0, 0.1) is 18.3 Å². The van der Waals surface area contributed by atoms with Gasteiger partial charge in [0.2, 0.25) is 0 Å². The van der Waals surface area contributed by atoms with Crippen molar-refractivity contribution in [2.24, 2.45) is 0 Å². The minimum absolute atomic E-state index is 0.460. The molecular weight excluding hydrogens is 370 g/mol. The average Bonchev–Trinajstić information content (AvgIpc) is 3.22. The van der Waals surface area contributed by atoms with Gasteiger partial charge >= 0.3 is 0 Å². The number of aromatic amines is 1. The van der Waals surface area contributed by atoms with E-state index in [0.29, 0.717) is 16.3 Å². The molecule has 0 atom stereocenters. The molecule has 0 radical (unpaired) electrons. The first kappa shape index (κ1) is 17.8. The monoisotopic (exact) mass is 385 g/mol. The molecule has 0 saturated heterocycles. The lowest BCUT2D eigenvalue weighted by molar-refractivity contribution is 1.28. The van der Waals surface area contributed by atoms with Crippen molar-refractivity contribution in [2.45, 2.75) is 6.92 Å². The van der Waals surface area contributed by atoms with Crippen molar-refractivity contribution in [3.63, 3.8) is 0 Å². The van der Waals surface area contributed by atoms with E-state index in [1.807, 2.05) is 49.5 Å². The molecule has 0 spiro atoms. The lowest BCUT2D eigenvalue weighted by Crippen LogP contribution is -2.00. The number of fused-ring (bicyclic) bond motifs is 1. The zero-order chi connectivity index (χ0) is 19.5. The van der Waals surface area contributed by atoms with Crippen LogP contribution < -0.4 is 5.32 Å². The molecule has 136 valence electrons. The molecular formula is C22H16ClN5. The second-order valence-corrected chi connectivity index (χ2v) is 6.71. The van der Waals surface area contributed by atoms with E-state index < -0.39 is 0 Å². The van der Waals surface area contributed by atoms with Crippen LogP contribution in [0.5, 0.6) is 0 Å². The average molecular weight is 386 g/mol. The number of anilines is 2. The van der Waals surface area contributed by atoms with Crippen molar-refractivity contribution >= 4 is 46.0 Å². The number of hydrogen-bond acceptors (Lipinski definition) is 4. The van der Waals surface area contributed by atoms with Gasteiger partial charge in [0.15, 0.2) is 0 Å². The van der Waals surface area contributed by atoms with Crippen molar-refractivity contribution < 1.29 is 0 Å². The summed E-state index contributed by atoms with van der Waals surface area (Å²) < 4.78 is 0. The Morgan fingerprint density at radius 3 is 2.75 bits per heavy atom. The largest absolute Gasteiger partial charge is 0.360 e. The molecule has 2 N–H and O–H groups in total. The van der Waals surface area contributed by atoms with Crippen LogP contribution in [0.15, 0.2) is 55.2 Å². The smallest absolute Gasteiger partial charge is 0.103 e. The quantitative estimate of drug-likeness (QED) is 0.472. The molecule has 5 nitrogen and oxygen atoms in total. The topological polar surface area (TPSA) is 77.4 Å². The van der Waals surface area contributed by atoms with Gasteiger partial charge in [0.1, 0.15) is 6.07 Å². The number of aromatic nitrogens is 3. The van der Waals surface area contributed by atoms with Crippen molar-refractivity contribution in [1.29, 1.82) is 5.26 Å². The number of pyridine rings is 2. The van der Waals surface area contributed by atoms with Gasteiger partial charge in [-0.3, -0.25) is 9.97 Å². The van der Waals surface area contributed by atoms with Crippen LogP contribution in [0.3, 0.4) is 0 Å². The van der Waals surface area contributed by atoms with E-state index in [4.69, 9.17) is 11.6 Å². The molecule has 28 heavy (non-hydrogen) atoms. The van der Waals surface area contributed by atoms with Gasteiger partial charge in [-0.05, 0) is 42.3 Å². The Morgan fingerprint density at radius 2 is 1.96 bits per heavy atom. The van der Waals surface area contributed by atoms with Crippen molar-refractivity contribution in [1.82, 2.24) is 15.0 Å². The normalized spacial score (nSPS) is 11.0. The fourth-order valence-electron chi connectivity index (χ4n) is 3.08. The van der Waals surface area contributed by atoms with Gasteiger partial charge in [0, 0.05) is 47.6 Å². The molecule has 0 fully saturated rings. The van der Waals surface area contributed by atoms with Crippen LogP contribution in [0.25, 0.3) is 23.1 Å². The number of nitrogens with zero attached hydrogens (tertiary/aromatic N) is 3. The zero-order valence-corrected chi connectivity index (χ0v) is 15.8. The summed E-state index contributed by atoms with van der Waals surface area (Å²) in [6.07, 6.45) is 12.5. The van der Waals surface area contributed by atoms with E-state index in [-0.39, 0.29) is 0 Å². The zero-order valence-electron chi connectivity index (χ0n) is 15.1. The summed E-state index contributed by atoms with van der Waals surface area (Å²) in [5.74, 6) is 0. The molecule has 0 amide bonds. The predicted molar refractivity (Wildman–Crippen MR) is 113 cm³/mol. The minimum Gasteiger partial charge on any atom is -0.360 e. The Balaban J connectivity index is 1.78. The number of halogens is 1. The number of hydrogen-bond donors (Lipinski definition) is 2. The molecule has 6 heteroatoms. The SMILES string of the molecule is Cc1c(Nc2c(C#N)cncc2/C=C/c2ccncc2)cc(Cl)c2[nH]ccc12. The molecule has 0 aliphatic carbocycles.